The first-order valence-electron chi connectivity index (χ1n) is 9.26. The highest BCUT2D eigenvalue weighted by Crippen LogP contribution is 2.38. The van der Waals surface area contributed by atoms with Crippen molar-refractivity contribution in [3.63, 3.8) is 0 Å². The minimum Gasteiger partial charge on any atom is -0.465 e. The summed E-state index contributed by atoms with van der Waals surface area (Å²) in [7, 11) is 1.15. The van der Waals surface area contributed by atoms with Crippen LogP contribution in [0.15, 0.2) is 16.1 Å². The van der Waals surface area contributed by atoms with E-state index in [1.807, 2.05) is 0 Å². The van der Waals surface area contributed by atoms with Crippen molar-refractivity contribution in [2.24, 2.45) is 5.11 Å². The predicted octanol–water partition coefficient (Wildman–Crippen LogP) is 0.769. The van der Waals surface area contributed by atoms with Gasteiger partial charge in [-0.1, -0.05) is 11.2 Å². The number of carbonyl (C=O) groups is 5. The van der Waals surface area contributed by atoms with E-state index in [1.54, 1.807) is 0 Å². The lowest BCUT2D eigenvalue weighted by molar-refractivity contribution is -0.173. The van der Waals surface area contributed by atoms with E-state index < -0.39 is 65.9 Å². The molecule has 0 unspecified atom stereocenters. The van der Waals surface area contributed by atoms with Crippen LogP contribution in [0.25, 0.3) is 10.4 Å². The van der Waals surface area contributed by atoms with Crippen LogP contribution in [0.5, 0.6) is 0 Å². The third kappa shape index (κ3) is 8.12. The summed E-state index contributed by atoms with van der Waals surface area (Å²) in [5.74, 6) is -3.47. The van der Waals surface area contributed by atoms with Crippen LogP contribution in [0.1, 0.15) is 27.7 Å². The van der Waals surface area contributed by atoms with Gasteiger partial charge in [-0.15, -0.1) is 11.8 Å². The van der Waals surface area contributed by atoms with Gasteiger partial charge in [0.2, 0.25) is 5.91 Å². The molecule has 0 bridgehead atoms. The number of hydrogen-bond donors (Lipinski definition) is 1. The zero-order chi connectivity index (χ0) is 24.4. The lowest BCUT2D eigenvalue weighted by Crippen LogP contribution is -2.58. The molecule has 0 aromatic rings. The van der Waals surface area contributed by atoms with Crippen LogP contribution >= 0.6 is 11.8 Å². The number of amides is 1. The number of ether oxygens (including phenoxy) is 4. The van der Waals surface area contributed by atoms with Gasteiger partial charge in [0.15, 0.2) is 12.2 Å². The average Bonchev–Trinajstić information content (AvgIpc) is 2.69. The summed E-state index contributed by atoms with van der Waals surface area (Å²) in [6.07, 6.45) is -1.30. The van der Waals surface area contributed by atoms with E-state index in [0.29, 0.717) is 0 Å². The summed E-state index contributed by atoms with van der Waals surface area (Å²) in [5, 5.41) is 5.23. The number of thioether (sulfide) groups is 1. The first-order chi connectivity index (χ1) is 15.0. The van der Waals surface area contributed by atoms with E-state index in [2.05, 4.69) is 15.3 Å². The molecule has 0 saturated heterocycles. The second kappa shape index (κ2) is 12.6. The molecule has 5 atom stereocenters. The fourth-order valence-electron chi connectivity index (χ4n) is 2.92. The molecule has 32 heavy (non-hydrogen) atoms. The number of methoxy groups -OCH3 is 1. The summed E-state index contributed by atoms with van der Waals surface area (Å²) in [6, 6.07) is -2.06. The quantitative estimate of drug-likeness (QED) is 0.165. The molecular formula is C18H24N4O9S. The molecule has 1 rings (SSSR count). The molecule has 0 spiro atoms. The van der Waals surface area contributed by atoms with Gasteiger partial charge in [0, 0.05) is 32.6 Å². The van der Waals surface area contributed by atoms with Crippen LogP contribution in [0.4, 0.5) is 0 Å². The van der Waals surface area contributed by atoms with Gasteiger partial charge in [-0.25, -0.2) is 4.79 Å². The lowest BCUT2D eigenvalue weighted by Gasteiger charge is -2.40. The average molecular weight is 472 g/mol. The first-order valence-corrected chi connectivity index (χ1v) is 10.1. The lowest BCUT2D eigenvalue weighted by atomic mass is 9.96. The Morgan fingerprint density at radius 1 is 1.12 bits per heavy atom. The van der Waals surface area contributed by atoms with Gasteiger partial charge in [0.1, 0.15) is 6.61 Å². The van der Waals surface area contributed by atoms with Gasteiger partial charge >= 0.3 is 23.9 Å². The van der Waals surface area contributed by atoms with Crippen LogP contribution in [-0.2, 0) is 42.9 Å². The second-order valence-corrected chi connectivity index (χ2v) is 7.77. The van der Waals surface area contributed by atoms with Crippen LogP contribution in [-0.4, -0.2) is 73.0 Å². The van der Waals surface area contributed by atoms with Gasteiger partial charge in [0.25, 0.3) is 0 Å². The smallest absolute Gasteiger partial charge is 0.344 e. The summed E-state index contributed by atoms with van der Waals surface area (Å²) in [5.41, 5.74) is 8.98. The molecular weight excluding hydrogens is 448 g/mol. The van der Waals surface area contributed by atoms with Crippen molar-refractivity contribution in [2.75, 3.05) is 13.7 Å². The molecule has 1 aliphatic heterocycles. The minimum absolute atomic E-state index is 0.0164. The number of hydrogen-bond acceptors (Lipinski definition) is 11. The van der Waals surface area contributed by atoms with Gasteiger partial charge in [-0.2, -0.15) is 0 Å². The fourth-order valence-corrected chi connectivity index (χ4v) is 4.35. The Labute approximate surface area is 187 Å². The molecule has 14 heteroatoms. The SMILES string of the molecule is COC(=O)C1=C[C@@H](N=[N+]=[N-])[C@@H](NC(C)=O)[C@H]([C@H](OC(C)=O)[C@@H](COC(C)=O)OC(C)=O)S1. The summed E-state index contributed by atoms with van der Waals surface area (Å²) >= 11 is 0.863. The zero-order valence-electron chi connectivity index (χ0n) is 18.1. The van der Waals surface area contributed by atoms with Crippen molar-refractivity contribution in [3.05, 3.63) is 21.4 Å². The highest BCUT2D eigenvalue weighted by Gasteiger charge is 2.46. The Balaban J connectivity index is 3.57. The summed E-state index contributed by atoms with van der Waals surface area (Å²) in [6.45, 7) is 4.09. The summed E-state index contributed by atoms with van der Waals surface area (Å²) < 4.78 is 20.3. The molecule has 0 saturated carbocycles. The molecule has 0 aliphatic carbocycles. The Morgan fingerprint density at radius 2 is 1.75 bits per heavy atom. The summed E-state index contributed by atoms with van der Waals surface area (Å²) in [4.78, 5) is 61.7. The van der Waals surface area contributed by atoms with Crippen molar-refractivity contribution < 1.29 is 42.9 Å². The van der Waals surface area contributed by atoms with E-state index in [1.165, 1.54) is 13.0 Å². The number of esters is 4. The molecule has 176 valence electrons. The molecule has 1 aliphatic rings. The molecule has 1 heterocycles. The van der Waals surface area contributed by atoms with Gasteiger partial charge in [-0.05, 0) is 5.53 Å². The molecule has 13 nitrogen and oxygen atoms in total. The zero-order valence-corrected chi connectivity index (χ0v) is 18.9. The molecule has 1 N–H and O–H groups in total. The normalized spacial score (nSPS) is 21.5. The topological polar surface area (TPSA) is 183 Å². The maximum atomic E-state index is 12.2. The Morgan fingerprint density at radius 3 is 2.22 bits per heavy atom. The Kier molecular flexibility index (Phi) is 10.5. The highest BCUT2D eigenvalue weighted by atomic mass is 32.2. The fraction of sp³-hybridized carbons (Fsp3) is 0.611. The largest absolute Gasteiger partial charge is 0.465 e. The van der Waals surface area contributed by atoms with Crippen molar-refractivity contribution in [2.45, 2.75) is 57.2 Å². The standard InChI is InChI=1S/C18H24N4O9S/c1-8(23)20-15-12(21-22-19)6-14(18(27)28-5)32-17(15)16(31-11(4)26)13(30-10(3)25)7-29-9(2)24/h6,12-13,15-17H,7H2,1-5H3,(H,20,23)/t12-,13-,15-,16-,17-/m1/s1. The predicted molar refractivity (Wildman–Crippen MR) is 110 cm³/mol. The maximum Gasteiger partial charge on any atom is 0.344 e. The molecule has 1 amide bonds. The second-order valence-electron chi connectivity index (χ2n) is 6.55. The van der Waals surface area contributed by atoms with Crippen molar-refractivity contribution in [1.82, 2.24) is 5.32 Å². The maximum absolute atomic E-state index is 12.2. The van der Waals surface area contributed by atoms with E-state index in [9.17, 15) is 24.0 Å². The van der Waals surface area contributed by atoms with E-state index in [0.717, 1.165) is 39.6 Å². The number of rotatable bonds is 9. The minimum atomic E-state index is -1.32. The number of nitrogens with zero attached hydrogens (tertiary/aromatic N) is 3. The first kappa shape index (κ1) is 26.8. The van der Waals surface area contributed by atoms with E-state index >= 15 is 0 Å². The molecule has 0 aromatic carbocycles. The monoisotopic (exact) mass is 472 g/mol. The van der Waals surface area contributed by atoms with Crippen molar-refractivity contribution in [3.8, 4) is 0 Å². The van der Waals surface area contributed by atoms with Gasteiger partial charge in [0.05, 0.1) is 29.3 Å². The van der Waals surface area contributed by atoms with Crippen LogP contribution < -0.4 is 5.32 Å². The Hall–Kier alpha value is -3.25. The van der Waals surface area contributed by atoms with Crippen LogP contribution in [0.3, 0.4) is 0 Å². The molecule has 0 aromatic heterocycles. The van der Waals surface area contributed by atoms with Crippen LogP contribution in [0, 0.1) is 0 Å². The number of azide groups is 1. The third-order valence-corrected chi connectivity index (χ3v) is 5.40. The van der Waals surface area contributed by atoms with Crippen molar-refractivity contribution >= 4 is 41.5 Å². The van der Waals surface area contributed by atoms with E-state index in [4.69, 9.17) is 24.5 Å². The van der Waals surface area contributed by atoms with Crippen LogP contribution in [0.2, 0.25) is 0 Å². The Bertz CT molecular complexity index is 840. The third-order valence-electron chi connectivity index (χ3n) is 4.01. The molecule has 0 fully saturated rings. The van der Waals surface area contributed by atoms with Crippen molar-refractivity contribution in [1.29, 1.82) is 0 Å². The molecule has 0 radical (unpaired) electrons. The van der Waals surface area contributed by atoms with E-state index in [-0.39, 0.29) is 4.91 Å². The van der Waals surface area contributed by atoms with Gasteiger partial charge in [-0.3, -0.25) is 19.2 Å². The highest BCUT2D eigenvalue weighted by molar-refractivity contribution is 8.04. The number of carbonyl (C=O) groups excluding carboxylic acids is 5. The number of nitrogens with one attached hydrogen (secondary N) is 1. The van der Waals surface area contributed by atoms with Gasteiger partial charge < -0.3 is 24.3 Å².